The summed E-state index contributed by atoms with van der Waals surface area (Å²) in [5.41, 5.74) is 0. The van der Waals surface area contributed by atoms with Gasteiger partial charge in [0.05, 0.1) is 19.3 Å². The number of rotatable bonds is 48. The van der Waals surface area contributed by atoms with Crippen LogP contribution in [0.2, 0.25) is 0 Å². The lowest BCUT2D eigenvalue weighted by molar-refractivity contribution is -0.146. The van der Waals surface area contributed by atoms with Gasteiger partial charge in [-0.05, 0) is 96.1 Å². The molecule has 350 valence electrons. The van der Waals surface area contributed by atoms with Gasteiger partial charge in [-0.2, -0.15) is 0 Å². The molecule has 0 radical (unpaired) electrons. The third-order valence-electron chi connectivity index (χ3n) is 12.2. The highest BCUT2D eigenvalue weighted by molar-refractivity contribution is 5.70. The Hall–Kier alpha value is -1.40. The van der Waals surface area contributed by atoms with Gasteiger partial charge in [-0.15, -0.1) is 0 Å². The fourth-order valence-corrected chi connectivity index (χ4v) is 8.33. The van der Waals surface area contributed by atoms with Crippen LogP contribution in [0.3, 0.4) is 0 Å². The summed E-state index contributed by atoms with van der Waals surface area (Å²) in [7, 11) is 2.01. The number of ether oxygens (including phenoxy) is 3. The number of hydrogen-bond acceptors (Lipinski definition) is 6. The summed E-state index contributed by atoms with van der Waals surface area (Å²) in [6.45, 7) is 12.1. The Kier molecular flexibility index (Phi) is 46.5. The van der Waals surface area contributed by atoms with E-state index < -0.39 is 0 Å². The molecule has 0 fully saturated rings. The van der Waals surface area contributed by atoms with Crippen LogP contribution < -0.4 is 5.32 Å². The van der Waals surface area contributed by atoms with Crippen molar-refractivity contribution in [2.45, 2.75) is 271 Å². The van der Waals surface area contributed by atoms with Crippen LogP contribution in [0.1, 0.15) is 265 Å². The zero-order valence-corrected chi connectivity index (χ0v) is 40.4. The number of nitrogens with one attached hydrogen (secondary N) is 1. The molecule has 0 aliphatic carbocycles. The van der Waals surface area contributed by atoms with Crippen LogP contribution in [0.4, 0.5) is 0 Å². The van der Waals surface area contributed by atoms with Gasteiger partial charge >= 0.3 is 11.9 Å². The Morgan fingerprint density at radius 3 is 1.17 bits per heavy atom. The molecule has 1 N–H and O–H groups in total. The second-order valence-corrected chi connectivity index (χ2v) is 18.1. The first-order chi connectivity index (χ1) is 29.0. The van der Waals surface area contributed by atoms with Crippen molar-refractivity contribution in [2.24, 2.45) is 11.8 Å². The number of unbranched alkanes of at least 4 members (excludes halogenated alkanes) is 21. The van der Waals surface area contributed by atoms with Crippen LogP contribution in [0.25, 0.3) is 0 Å². The van der Waals surface area contributed by atoms with Crippen LogP contribution in [-0.2, 0) is 23.8 Å². The highest BCUT2D eigenvalue weighted by atomic mass is 16.5. The molecule has 0 amide bonds. The molecule has 0 aromatic heterocycles. The van der Waals surface area contributed by atoms with Crippen LogP contribution in [0.5, 0.6) is 0 Å². The van der Waals surface area contributed by atoms with Crippen molar-refractivity contribution >= 4 is 11.9 Å². The Morgan fingerprint density at radius 1 is 0.424 bits per heavy atom. The molecule has 0 atom stereocenters. The molecule has 6 heteroatoms. The van der Waals surface area contributed by atoms with E-state index in [2.05, 4.69) is 45.2 Å². The van der Waals surface area contributed by atoms with Crippen molar-refractivity contribution in [1.82, 2.24) is 5.32 Å². The van der Waals surface area contributed by atoms with Crippen LogP contribution in [-0.4, -0.2) is 51.5 Å². The molecule has 0 unspecified atom stereocenters. The topological polar surface area (TPSA) is 73.9 Å². The minimum Gasteiger partial charge on any atom is -0.466 e. The molecule has 0 aromatic carbocycles. The molecule has 0 aliphatic heterocycles. The maximum atomic E-state index is 12.5. The van der Waals surface area contributed by atoms with Crippen LogP contribution >= 0.6 is 0 Å². The molecular formula is C53H103NO5. The quantitative estimate of drug-likeness (QED) is 0.0374. The van der Waals surface area contributed by atoms with Gasteiger partial charge in [0.15, 0.2) is 0 Å². The van der Waals surface area contributed by atoms with Gasteiger partial charge in [-0.1, -0.05) is 194 Å². The van der Waals surface area contributed by atoms with Crippen LogP contribution in [0, 0.1) is 11.8 Å². The maximum absolute atomic E-state index is 12.5. The number of carbonyl (C=O) groups excluding carboxylic acids is 2. The molecule has 0 aliphatic rings. The summed E-state index contributed by atoms with van der Waals surface area (Å²) in [4.78, 5) is 25.1. The van der Waals surface area contributed by atoms with Crippen molar-refractivity contribution < 1.29 is 23.8 Å². The lowest BCUT2D eigenvalue weighted by atomic mass is 9.92. The van der Waals surface area contributed by atoms with E-state index in [0.29, 0.717) is 44.0 Å². The van der Waals surface area contributed by atoms with Gasteiger partial charge in [-0.3, -0.25) is 9.59 Å². The average Bonchev–Trinajstić information content (AvgIpc) is 3.22. The first-order valence-corrected chi connectivity index (χ1v) is 26.2. The first kappa shape index (κ1) is 57.6. The van der Waals surface area contributed by atoms with E-state index in [9.17, 15) is 9.59 Å². The van der Waals surface area contributed by atoms with E-state index in [1.54, 1.807) is 0 Å². The van der Waals surface area contributed by atoms with E-state index in [0.717, 1.165) is 58.1 Å². The lowest BCUT2D eigenvalue weighted by Gasteiger charge is -2.18. The average molecular weight is 834 g/mol. The molecule has 0 spiro atoms. The van der Waals surface area contributed by atoms with Gasteiger partial charge in [0, 0.05) is 19.4 Å². The van der Waals surface area contributed by atoms with Gasteiger partial charge in [-0.25, -0.2) is 0 Å². The smallest absolute Gasteiger partial charge is 0.306 e. The largest absolute Gasteiger partial charge is 0.466 e. The second-order valence-electron chi connectivity index (χ2n) is 18.1. The fraction of sp³-hybridized carbons (Fsp3) is 0.925. The lowest BCUT2D eigenvalue weighted by Crippen LogP contribution is -2.14. The van der Waals surface area contributed by atoms with E-state index in [-0.39, 0.29) is 11.9 Å². The SMILES string of the molecule is CCCCCC(CCCCC)CC(=O)OCCCCCCCCCC(CCCCCCCCCOC(=O)CC(CCCCC)CCCCC)OCCC/C=C/CCNC. The van der Waals surface area contributed by atoms with Gasteiger partial charge in [0.2, 0.25) is 0 Å². The molecule has 59 heavy (non-hydrogen) atoms. The maximum Gasteiger partial charge on any atom is 0.306 e. The van der Waals surface area contributed by atoms with E-state index in [1.165, 1.54) is 180 Å². The van der Waals surface area contributed by atoms with Gasteiger partial charge < -0.3 is 19.5 Å². The molecule has 0 saturated carbocycles. The molecule has 6 nitrogen and oxygen atoms in total. The standard InChI is InChI=1S/C53H103NO5/c1-6-10-27-37-49(38-28-11-7-2)47-52(55)58-45-35-24-18-14-16-21-31-41-51(57-44-34-26-20-23-33-43-54-5)42-32-22-17-15-19-25-36-46-59-53(56)48-50(39-29-12-8-3)40-30-13-9-4/h20,23,49-51,54H,6-19,21-22,24-48H2,1-5H3/b23-20+. The minimum atomic E-state index is 0.0291. The summed E-state index contributed by atoms with van der Waals surface area (Å²) < 4.78 is 17.8. The highest BCUT2D eigenvalue weighted by Crippen LogP contribution is 2.23. The fourth-order valence-electron chi connectivity index (χ4n) is 8.33. The number of carbonyl (C=O) groups is 2. The third kappa shape index (κ3) is 43.1. The highest BCUT2D eigenvalue weighted by Gasteiger charge is 2.16. The van der Waals surface area contributed by atoms with Crippen molar-refractivity contribution in [3.8, 4) is 0 Å². The summed E-state index contributed by atoms with van der Waals surface area (Å²) in [5, 5.41) is 3.20. The summed E-state index contributed by atoms with van der Waals surface area (Å²) in [6, 6.07) is 0. The molecule has 0 rings (SSSR count). The zero-order chi connectivity index (χ0) is 43.1. The van der Waals surface area contributed by atoms with Crippen LogP contribution in [0.15, 0.2) is 12.2 Å². The Morgan fingerprint density at radius 2 is 0.780 bits per heavy atom. The van der Waals surface area contributed by atoms with Crippen molar-refractivity contribution in [1.29, 1.82) is 0 Å². The minimum absolute atomic E-state index is 0.0291. The summed E-state index contributed by atoms with van der Waals surface area (Å²) in [6.07, 6.45) is 48.6. The summed E-state index contributed by atoms with van der Waals surface area (Å²) >= 11 is 0. The van der Waals surface area contributed by atoms with Crippen molar-refractivity contribution in [2.75, 3.05) is 33.4 Å². The predicted molar refractivity (Wildman–Crippen MR) is 255 cm³/mol. The van der Waals surface area contributed by atoms with Crippen molar-refractivity contribution in [3.63, 3.8) is 0 Å². The molecule has 0 heterocycles. The first-order valence-electron chi connectivity index (χ1n) is 26.2. The Bertz CT molecular complexity index is 815. The monoisotopic (exact) mass is 834 g/mol. The molecule has 0 saturated heterocycles. The van der Waals surface area contributed by atoms with Gasteiger partial charge in [0.1, 0.15) is 0 Å². The number of esters is 2. The van der Waals surface area contributed by atoms with E-state index in [4.69, 9.17) is 14.2 Å². The Balaban J connectivity index is 4.24. The van der Waals surface area contributed by atoms with E-state index >= 15 is 0 Å². The number of allylic oxidation sites excluding steroid dienone is 1. The molecule has 0 aromatic rings. The third-order valence-corrected chi connectivity index (χ3v) is 12.2. The second kappa shape index (κ2) is 47.6. The normalized spacial score (nSPS) is 11.9. The van der Waals surface area contributed by atoms with Gasteiger partial charge in [0.25, 0.3) is 0 Å². The summed E-state index contributed by atoms with van der Waals surface area (Å²) in [5.74, 6) is 1.08. The molecule has 0 bridgehead atoms. The molecular weight excluding hydrogens is 731 g/mol. The van der Waals surface area contributed by atoms with E-state index in [1.807, 2.05) is 7.05 Å². The zero-order valence-electron chi connectivity index (χ0n) is 40.4. The predicted octanol–water partition coefficient (Wildman–Crippen LogP) is 16.0. The Labute approximate surface area is 368 Å². The van der Waals surface area contributed by atoms with Crippen molar-refractivity contribution in [3.05, 3.63) is 12.2 Å². The number of hydrogen-bond donors (Lipinski definition) is 1.